The fourth-order valence-corrected chi connectivity index (χ4v) is 2.81. The zero-order valence-corrected chi connectivity index (χ0v) is 11.9. The lowest BCUT2D eigenvalue weighted by molar-refractivity contribution is 0.398. The summed E-state index contributed by atoms with van der Waals surface area (Å²) in [6.07, 6.45) is 3.67. The van der Waals surface area contributed by atoms with E-state index in [1.807, 2.05) is 20.8 Å². The van der Waals surface area contributed by atoms with Crippen LogP contribution in [-0.4, -0.2) is 15.4 Å². The van der Waals surface area contributed by atoms with E-state index in [-0.39, 0.29) is 17.4 Å². The highest BCUT2D eigenvalue weighted by Gasteiger charge is 2.25. The van der Waals surface area contributed by atoms with E-state index in [1.54, 1.807) is 0 Å². The molecule has 1 aliphatic carbocycles. The van der Waals surface area contributed by atoms with E-state index in [1.165, 1.54) is 4.57 Å². The second-order valence-corrected chi connectivity index (χ2v) is 5.48. The summed E-state index contributed by atoms with van der Waals surface area (Å²) in [5.41, 5.74) is 2.51. The van der Waals surface area contributed by atoms with E-state index < -0.39 is 0 Å². The van der Waals surface area contributed by atoms with Crippen LogP contribution in [0.4, 0.5) is 0 Å². The Bertz CT molecular complexity index is 570. The largest absolute Gasteiger partial charge is 0.494 e. The summed E-state index contributed by atoms with van der Waals surface area (Å²) in [6.45, 7) is 6.15. The molecule has 1 heterocycles. The molecular formula is C15H22N2O2. The number of fused-ring (bicyclic) bond motifs is 1. The van der Waals surface area contributed by atoms with Gasteiger partial charge in [0.25, 0.3) is 5.56 Å². The Kier molecular flexibility index (Phi) is 3.78. The maximum absolute atomic E-state index is 12.5. The van der Waals surface area contributed by atoms with Crippen LogP contribution in [0.1, 0.15) is 50.3 Å². The Labute approximate surface area is 113 Å². The Morgan fingerprint density at radius 2 is 1.89 bits per heavy atom. The van der Waals surface area contributed by atoms with Gasteiger partial charge in [-0.1, -0.05) is 13.8 Å². The summed E-state index contributed by atoms with van der Waals surface area (Å²) in [5, 5.41) is 18.5. The summed E-state index contributed by atoms with van der Waals surface area (Å²) >= 11 is 0. The molecule has 0 aliphatic heterocycles. The Balaban J connectivity index is 2.78. The van der Waals surface area contributed by atoms with Gasteiger partial charge in [-0.3, -0.25) is 9.36 Å². The smallest absolute Gasteiger partial charge is 0.262 e. The third-order valence-electron chi connectivity index (χ3n) is 3.92. The second-order valence-electron chi connectivity index (χ2n) is 5.48. The molecule has 0 radical (unpaired) electrons. The SMILES string of the molecule is CCn1c(O)c2c(c(C(=N)C(C)C)c1=O)CCCC2. The zero-order valence-electron chi connectivity index (χ0n) is 11.9. The highest BCUT2D eigenvalue weighted by Crippen LogP contribution is 2.30. The fourth-order valence-electron chi connectivity index (χ4n) is 2.81. The molecule has 2 rings (SSSR count). The van der Waals surface area contributed by atoms with Gasteiger partial charge in [0, 0.05) is 17.8 Å². The van der Waals surface area contributed by atoms with Crippen molar-refractivity contribution in [3.8, 4) is 5.88 Å². The van der Waals surface area contributed by atoms with Crippen LogP contribution in [-0.2, 0) is 19.4 Å². The van der Waals surface area contributed by atoms with Crippen molar-refractivity contribution in [3.63, 3.8) is 0 Å². The van der Waals surface area contributed by atoms with Gasteiger partial charge in [-0.05, 0) is 44.1 Å². The molecule has 0 saturated heterocycles. The molecule has 0 amide bonds. The average molecular weight is 262 g/mol. The predicted octanol–water partition coefficient (Wildman–Crippen LogP) is 2.48. The first kappa shape index (κ1) is 13.8. The standard InChI is InChI=1S/C15H22N2O2/c1-4-17-14(18)11-8-6-5-7-10(11)12(15(17)19)13(16)9(2)3/h9,16,18H,4-8H2,1-3H3. The van der Waals surface area contributed by atoms with Crippen LogP contribution in [0.5, 0.6) is 5.88 Å². The van der Waals surface area contributed by atoms with E-state index in [0.717, 1.165) is 36.8 Å². The second kappa shape index (κ2) is 5.19. The van der Waals surface area contributed by atoms with Crippen molar-refractivity contribution in [2.45, 2.75) is 53.0 Å². The number of hydrogen-bond donors (Lipinski definition) is 2. The zero-order chi connectivity index (χ0) is 14.2. The van der Waals surface area contributed by atoms with Gasteiger partial charge in [-0.25, -0.2) is 0 Å². The Hall–Kier alpha value is -1.58. The van der Waals surface area contributed by atoms with Crippen molar-refractivity contribution < 1.29 is 5.11 Å². The lowest BCUT2D eigenvalue weighted by Gasteiger charge is -2.24. The van der Waals surface area contributed by atoms with Crippen molar-refractivity contribution in [1.29, 1.82) is 5.41 Å². The summed E-state index contributed by atoms with van der Waals surface area (Å²) in [7, 11) is 0. The van der Waals surface area contributed by atoms with Crippen molar-refractivity contribution in [3.05, 3.63) is 27.0 Å². The molecule has 0 atom stereocenters. The molecule has 0 bridgehead atoms. The monoisotopic (exact) mass is 262 g/mol. The first-order valence-electron chi connectivity index (χ1n) is 7.05. The molecule has 2 N–H and O–H groups in total. The van der Waals surface area contributed by atoms with Gasteiger partial charge in [0.05, 0.1) is 5.56 Å². The normalized spacial score (nSPS) is 14.5. The number of aromatic nitrogens is 1. The minimum absolute atomic E-state index is 0.0218. The molecular weight excluding hydrogens is 240 g/mol. The summed E-state index contributed by atoms with van der Waals surface area (Å²) in [6, 6.07) is 0. The third kappa shape index (κ3) is 2.20. The fraction of sp³-hybridized carbons (Fsp3) is 0.600. The van der Waals surface area contributed by atoms with Gasteiger partial charge in [-0.15, -0.1) is 0 Å². The van der Waals surface area contributed by atoms with E-state index in [0.29, 0.717) is 17.8 Å². The minimum Gasteiger partial charge on any atom is -0.494 e. The first-order chi connectivity index (χ1) is 8.99. The Morgan fingerprint density at radius 1 is 1.32 bits per heavy atom. The lowest BCUT2D eigenvalue weighted by atomic mass is 9.85. The quantitative estimate of drug-likeness (QED) is 0.822. The number of nitrogens with zero attached hydrogens (tertiary/aromatic N) is 1. The van der Waals surface area contributed by atoms with E-state index >= 15 is 0 Å². The van der Waals surface area contributed by atoms with Gasteiger partial charge in [0.2, 0.25) is 0 Å². The molecule has 0 saturated carbocycles. The predicted molar refractivity (Wildman–Crippen MR) is 76.3 cm³/mol. The average Bonchev–Trinajstić information content (AvgIpc) is 2.39. The molecule has 19 heavy (non-hydrogen) atoms. The third-order valence-corrected chi connectivity index (χ3v) is 3.92. The number of hydrogen-bond acceptors (Lipinski definition) is 3. The number of nitrogens with one attached hydrogen (secondary N) is 1. The molecule has 1 aliphatic rings. The molecule has 4 nitrogen and oxygen atoms in total. The first-order valence-corrected chi connectivity index (χ1v) is 7.05. The van der Waals surface area contributed by atoms with Crippen LogP contribution in [0.2, 0.25) is 0 Å². The van der Waals surface area contributed by atoms with Crippen molar-refractivity contribution in [2.75, 3.05) is 0 Å². The summed E-state index contributed by atoms with van der Waals surface area (Å²) in [5.74, 6) is 0.135. The molecule has 4 heteroatoms. The Morgan fingerprint density at radius 3 is 2.42 bits per heavy atom. The van der Waals surface area contributed by atoms with E-state index in [2.05, 4.69) is 0 Å². The van der Waals surface area contributed by atoms with Crippen LogP contribution in [0, 0.1) is 11.3 Å². The molecule has 1 aromatic heterocycles. The van der Waals surface area contributed by atoms with Crippen LogP contribution >= 0.6 is 0 Å². The van der Waals surface area contributed by atoms with Crippen molar-refractivity contribution >= 4 is 5.71 Å². The van der Waals surface area contributed by atoms with Crippen molar-refractivity contribution in [1.82, 2.24) is 4.57 Å². The molecule has 0 unspecified atom stereocenters. The van der Waals surface area contributed by atoms with Crippen LogP contribution in [0.3, 0.4) is 0 Å². The van der Waals surface area contributed by atoms with Gasteiger partial charge < -0.3 is 10.5 Å². The maximum Gasteiger partial charge on any atom is 0.262 e. The van der Waals surface area contributed by atoms with Gasteiger partial charge in [0.15, 0.2) is 5.88 Å². The maximum atomic E-state index is 12.5. The molecule has 104 valence electrons. The van der Waals surface area contributed by atoms with Crippen LogP contribution < -0.4 is 5.56 Å². The van der Waals surface area contributed by atoms with E-state index in [4.69, 9.17) is 5.41 Å². The van der Waals surface area contributed by atoms with Crippen LogP contribution in [0.25, 0.3) is 0 Å². The number of aromatic hydroxyl groups is 1. The molecule has 1 aromatic rings. The minimum atomic E-state index is -0.209. The van der Waals surface area contributed by atoms with Crippen molar-refractivity contribution in [2.24, 2.45) is 5.92 Å². The summed E-state index contributed by atoms with van der Waals surface area (Å²) in [4.78, 5) is 12.5. The van der Waals surface area contributed by atoms with Gasteiger partial charge >= 0.3 is 0 Å². The molecule has 0 spiro atoms. The summed E-state index contributed by atoms with van der Waals surface area (Å²) < 4.78 is 1.40. The number of pyridine rings is 1. The van der Waals surface area contributed by atoms with Gasteiger partial charge in [-0.2, -0.15) is 0 Å². The number of rotatable bonds is 3. The highest BCUT2D eigenvalue weighted by molar-refractivity contribution is 6.01. The topological polar surface area (TPSA) is 66.1 Å². The molecule has 0 aromatic carbocycles. The van der Waals surface area contributed by atoms with Gasteiger partial charge in [0.1, 0.15) is 0 Å². The highest BCUT2D eigenvalue weighted by atomic mass is 16.3. The lowest BCUT2D eigenvalue weighted by Crippen LogP contribution is -2.32. The van der Waals surface area contributed by atoms with Crippen LogP contribution in [0.15, 0.2) is 4.79 Å². The van der Waals surface area contributed by atoms with E-state index in [9.17, 15) is 9.90 Å². The molecule has 0 fully saturated rings.